The van der Waals surface area contributed by atoms with Crippen LogP contribution in [-0.2, 0) is 0 Å². The Hall–Kier alpha value is -2.04. The van der Waals surface area contributed by atoms with Gasteiger partial charge in [0.1, 0.15) is 0 Å². The summed E-state index contributed by atoms with van der Waals surface area (Å²) in [6.07, 6.45) is 4.66. The summed E-state index contributed by atoms with van der Waals surface area (Å²) in [6.45, 7) is 4.51. The van der Waals surface area contributed by atoms with Gasteiger partial charge in [-0.1, -0.05) is 31.9 Å². The Kier molecular flexibility index (Phi) is 4.50. The normalized spacial score (nSPS) is 16.5. The second-order valence-corrected chi connectivity index (χ2v) is 6.13. The molecule has 2 amide bonds. The molecule has 5 nitrogen and oxygen atoms in total. The number of amides is 2. The molecule has 21 heavy (non-hydrogen) atoms. The minimum Gasteiger partial charge on any atom is -0.478 e. The van der Waals surface area contributed by atoms with E-state index in [1.165, 1.54) is 12.8 Å². The Balaban J connectivity index is 2.00. The maximum absolute atomic E-state index is 12.0. The van der Waals surface area contributed by atoms with Gasteiger partial charge in [0.05, 0.1) is 11.3 Å². The van der Waals surface area contributed by atoms with Crippen LogP contribution in [0.5, 0.6) is 0 Å². The summed E-state index contributed by atoms with van der Waals surface area (Å²) in [6, 6.07) is 4.70. The monoisotopic (exact) mass is 290 g/mol. The fourth-order valence-corrected chi connectivity index (χ4v) is 2.92. The molecule has 1 aromatic rings. The zero-order chi connectivity index (χ0) is 15.5. The molecule has 0 aliphatic heterocycles. The summed E-state index contributed by atoms with van der Waals surface area (Å²) in [5.41, 5.74) is 1.26. The van der Waals surface area contributed by atoms with Crippen LogP contribution in [0.3, 0.4) is 0 Å². The van der Waals surface area contributed by atoms with Crippen LogP contribution in [0.4, 0.5) is 10.5 Å². The molecule has 2 rings (SSSR count). The predicted octanol–water partition coefficient (Wildman–Crippen LogP) is 3.40. The van der Waals surface area contributed by atoms with E-state index in [1.54, 1.807) is 25.1 Å². The topological polar surface area (TPSA) is 78.4 Å². The number of benzene rings is 1. The first kappa shape index (κ1) is 15.4. The van der Waals surface area contributed by atoms with Crippen LogP contribution in [0, 0.1) is 12.3 Å². The van der Waals surface area contributed by atoms with Crippen molar-refractivity contribution < 1.29 is 14.7 Å². The van der Waals surface area contributed by atoms with Crippen molar-refractivity contribution in [1.82, 2.24) is 5.32 Å². The smallest absolute Gasteiger partial charge is 0.338 e. The Morgan fingerprint density at radius 1 is 1.29 bits per heavy atom. The van der Waals surface area contributed by atoms with E-state index in [2.05, 4.69) is 17.6 Å². The lowest BCUT2D eigenvalue weighted by molar-refractivity contribution is 0.0697. The van der Waals surface area contributed by atoms with Gasteiger partial charge in [0.25, 0.3) is 0 Å². The van der Waals surface area contributed by atoms with Crippen molar-refractivity contribution in [3.05, 3.63) is 29.3 Å². The number of hydrogen-bond acceptors (Lipinski definition) is 2. The van der Waals surface area contributed by atoms with Gasteiger partial charge in [-0.3, -0.25) is 0 Å². The lowest BCUT2D eigenvalue weighted by Crippen LogP contribution is -2.37. The van der Waals surface area contributed by atoms with E-state index in [0.717, 1.165) is 12.8 Å². The maximum Gasteiger partial charge on any atom is 0.338 e. The first-order valence-corrected chi connectivity index (χ1v) is 7.29. The fraction of sp³-hybridized carbons (Fsp3) is 0.500. The van der Waals surface area contributed by atoms with Gasteiger partial charge in [0.15, 0.2) is 0 Å². The third-order valence-electron chi connectivity index (χ3n) is 4.22. The molecule has 0 spiro atoms. The third-order valence-corrected chi connectivity index (χ3v) is 4.22. The summed E-state index contributed by atoms with van der Waals surface area (Å²) in [7, 11) is 0. The lowest BCUT2D eigenvalue weighted by Gasteiger charge is -2.23. The predicted molar refractivity (Wildman–Crippen MR) is 81.7 cm³/mol. The zero-order valence-corrected chi connectivity index (χ0v) is 12.5. The van der Waals surface area contributed by atoms with Gasteiger partial charge in [0.2, 0.25) is 0 Å². The summed E-state index contributed by atoms with van der Waals surface area (Å²) in [4.78, 5) is 23.3. The van der Waals surface area contributed by atoms with Crippen LogP contribution < -0.4 is 10.6 Å². The van der Waals surface area contributed by atoms with Crippen LogP contribution in [0.2, 0.25) is 0 Å². The molecular formula is C16H22N2O3. The number of rotatable bonds is 4. The van der Waals surface area contributed by atoms with Gasteiger partial charge in [0, 0.05) is 6.54 Å². The van der Waals surface area contributed by atoms with Crippen molar-refractivity contribution >= 4 is 17.7 Å². The van der Waals surface area contributed by atoms with Crippen LogP contribution >= 0.6 is 0 Å². The van der Waals surface area contributed by atoms with Gasteiger partial charge in [-0.05, 0) is 36.8 Å². The number of aryl methyl sites for hydroxylation is 1. The zero-order valence-electron chi connectivity index (χ0n) is 12.5. The molecule has 1 aliphatic rings. The number of carboxylic acid groups (broad SMARTS) is 1. The number of carbonyl (C=O) groups is 2. The molecular weight excluding hydrogens is 268 g/mol. The molecule has 1 saturated carbocycles. The summed E-state index contributed by atoms with van der Waals surface area (Å²) < 4.78 is 0. The second kappa shape index (κ2) is 6.16. The summed E-state index contributed by atoms with van der Waals surface area (Å²) in [5.74, 6) is -1.04. The number of hydrogen-bond donors (Lipinski definition) is 3. The lowest BCUT2D eigenvalue weighted by atomic mass is 9.89. The van der Waals surface area contributed by atoms with Crippen LogP contribution in [0.25, 0.3) is 0 Å². The Labute approximate surface area is 124 Å². The highest BCUT2D eigenvalue weighted by molar-refractivity contribution is 6.01. The summed E-state index contributed by atoms with van der Waals surface area (Å²) >= 11 is 0. The van der Waals surface area contributed by atoms with Crippen LogP contribution in [-0.4, -0.2) is 23.7 Å². The van der Waals surface area contributed by atoms with Gasteiger partial charge >= 0.3 is 12.0 Å². The average Bonchev–Trinajstić information content (AvgIpc) is 2.84. The van der Waals surface area contributed by atoms with Crippen molar-refractivity contribution in [1.29, 1.82) is 0 Å². The minimum atomic E-state index is -1.04. The molecule has 3 N–H and O–H groups in total. The van der Waals surface area contributed by atoms with Crippen LogP contribution in [0.15, 0.2) is 18.2 Å². The highest BCUT2D eigenvalue weighted by Crippen LogP contribution is 2.36. The maximum atomic E-state index is 12.0. The molecule has 0 heterocycles. The van der Waals surface area contributed by atoms with Crippen molar-refractivity contribution in [2.45, 2.75) is 39.5 Å². The molecule has 0 saturated heterocycles. The quantitative estimate of drug-likeness (QED) is 0.795. The number of nitrogens with one attached hydrogen (secondary N) is 2. The van der Waals surface area contributed by atoms with E-state index >= 15 is 0 Å². The van der Waals surface area contributed by atoms with Crippen molar-refractivity contribution in [3.63, 3.8) is 0 Å². The van der Waals surface area contributed by atoms with Crippen molar-refractivity contribution in [2.24, 2.45) is 5.41 Å². The van der Waals surface area contributed by atoms with Crippen molar-refractivity contribution in [2.75, 3.05) is 11.9 Å². The minimum absolute atomic E-state index is 0.139. The van der Waals surface area contributed by atoms with E-state index in [0.29, 0.717) is 17.8 Å². The molecule has 1 aliphatic carbocycles. The van der Waals surface area contributed by atoms with Gasteiger partial charge < -0.3 is 15.7 Å². The number of carbonyl (C=O) groups excluding carboxylic acids is 1. The Morgan fingerprint density at radius 2 is 1.95 bits per heavy atom. The molecule has 0 aromatic heterocycles. The van der Waals surface area contributed by atoms with E-state index in [-0.39, 0.29) is 17.0 Å². The molecule has 5 heteroatoms. The van der Waals surface area contributed by atoms with E-state index in [1.807, 2.05) is 0 Å². The first-order valence-electron chi connectivity index (χ1n) is 7.29. The molecule has 0 atom stereocenters. The molecule has 1 aromatic carbocycles. The largest absolute Gasteiger partial charge is 0.478 e. The van der Waals surface area contributed by atoms with Crippen molar-refractivity contribution in [3.8, 4) is 0 Å². The highest BCUT2D eigenvalue weighted by atomic mass is 16.4. The SMILES string of the molecule is Cc1cccc(NC(=O)NCC2(C)CCCC2)c1C(=O)O. The van der Waals surface area contributed by atoms with Gasteiger partial charge in [-0.15, -0.1) is 0 Å². The molecule has 0 bridgehead atoms. The average molecular weight is 290 g/mol. The Morgan fingerprint density at radius 3 is 2.57 bits per heavy atom. The van der Waals surface area contributed by atoms with Crippen LogP contribution in [0.1, 0.15) is 48.5 Å². The number of aromatic carboxylic acids is 1. The van der Waals surface area contributed by atoms with Gasteiger partial charge in [-0.25, -0.2) is 9.59 Å². The first-order chi connectivity index (χ1) is 9.91. The number of anilines is 1. The molecule has 0 radical (unpaired) electrons. The number of urea groups is 1. The fourth-order valence-electron chi connectivity index (χ4n) is 2.92. The Bertz CT molecular complexity index is 548. The highest BCUT2D eigenvalue weighted by Gasteiger charge is 2.29. The van der Waals surface area contributed by atoms with E-state index < -0.39 is 5.97 Å². The van der Waals surface area contributed by atoms with E-state index in [4.69, 9.17) is 0 Å². The van der Waals surface area contributed by atoms with Gasteiger partial charge in [-0.2, -0.15) is 0 Å². The molecule has 114 valence electrons. The van der Waals surface area contributed by atoms with E-state index in [9.17, 15) is 14.7 Å². The molecule has 0 unspecified atom stereocenters. The third kappa shape index (κ3) is 3.74. The summed E-state index contributed by atoms with van der Waals surface area (Å²) in [5, 5.41) is 14.7. The standard InChI is InChI=1S/C16H22N2O3/c1-11-6-5-7-12(13(11)14(19)20)18-15(21)17-10-16(2)8-3-4-9-16/h5-7H,3-4,8-10H2,1-2H3,(H,19,20)(H2,17,18,21). The molecule has 1 fully saturated rings. The number of carboxylic acids is 1. The second-order valence-electron chi connectivity index (χ2n) is 6.13.